The number of hydrogen-bond acceptors (Lipinski definition) is 3. The number of rotatable bonds is 3. The van der Waals surface area contributed by atoms with Crippen LogP contribution in [-0.4, -0.2) is 53.8 Å². The van der Waals surface area contributed by atoms with Gasteiger partial charge in [0.15, 0.2) is 0 Å². The van der Waals surface area contributed by atoms with E-state index in [0.717, 1.165) is 12.8 Å². The topological polar surface area (TPSA) is 78.9 Å². The number of morpholine rings is 1. The summed E-state index contributed by atoms with van der Waals surface area (Å²) in [5, 5.41) is 11.9. The van der Waals surface area contributed by atoms with Crippen molar-refractivity contribution in [2.75, 3.05) is 19.7 Å². The van der Waals surface area contributed by atoms with Gasteiger partial charge in [-0.1, -0.05) is 13.8 Å². The van der Waals surface area contributed by atoms with Crippen LogP contribution in [-0.2, 0) is 9.53 Å². The van der Waals surface area contributed by atoms with Crippen LogP contribution in [0.1, 0.15) is 33.1 Å². The Labute approximate surface area is 119 Å². The van der Waals surface area contributed by atoms with E-state index in [9.17, 15) is 9.59 Å². The van der Waals surface area contributed by atoms with Crippen LogP contribution in [0, 0.1) is 11.8 Å². The summed E-state index contributed by atoms with van der Waals surface area (Å²) in [6, 6.07) is 0.146. The van der Waals surface area contributed by atoms with Crippen LogP contribution in [0.4, 0.5) is 4.79 Å². The molecule has 4 atom stereocenters. The fourth-order valence-electron chi connectivity index (χ4n) is 3.04. The van der Waals surface area contributed by atoms with Crippen molar-refractivity contribution in [2.45, 2.75) is 45.3 Å². The Balaban J connectivity index is 1.84. The van der Waals surface area contributed by atoms with Gasteiger partial charge in [-0.3, -0.25) is 4.79 Å². The summed E-state index contributed by atoms with van der Waals surface area (Å²) in [4.78, 5) is 24.6. The average Bonchev–Trinajstić information content (AvgIpc) is 2.70. The maximum atomic E-state index is 12.2. The van der Waals surface area contributed by atoms with Gasteiger partial charge in [0.1, 0.15) is 0 Å². The Hall–Kier alpha value is -1.30. The summed E-state index contributed by atoms with van der Waals surface area (Å²) in [5.74, 6) is 0.245. The number of nitrogens with zero attached hydrogens (tertiary/aromatic N) is 1. The van der Waals surface area contributed by atoms with Gasteiger partial charge in [-0.05, 0) is 24.7 Å². The van der Waals surface area contributed by atoms with E-state index >= 15 is 0 Å². The number of nitrogens with one attached hydrogen (secondary N) is 1. The number of hydrogen-bond donors (Lipinski definition) is 2. The molecule has 1 saturated carbocycles. The fourth-order valence-corrected chi connectivity index (χ4v) is 3.04. The molecule has 0 bridgehead atoms. The molecule has 1 aliphatic heterocycles. The zero-order chi connectivity index (χ0) is 14.7. The maximum absolute atomic E-state index is 12.2. The first-order valence-corrected chi connectivity index (χ1v) is 7.36. The summed E-state index contributed by atoms with van der Waals surface area (Å²) in [6.07, 6.45) is 1.72. The van der Waals surface area contributed by atoms with E-state index in [1.165, 1.54) is 0 Å². The largest absolute Gasteiger partial charge is 0.481 e. The number of carbonyl (C=O) groups excluding carboxylic acids is 1. The van der Waals surface area contributed by atoms with Crippen molar-refractivity contribution in [1.82, 2.24) is 10.2 Å². The van der Waals surface area contributed by atoms with E-state index in [4.69, 9.17) is 9.84 Å². The molecular weight excluding hydrogens is 260 g/mol. The zero-order valence-electron chi connectivity index (χ0n) is 12.2. The summed E-state index contributed by atoms with van der Waals surface area (Å²) in [7, 11) is 0. The molecule has 2 rings (SSSR count). The molecule has 6 heteroatoms. The molecule has 0 aromatic carbocycles. The third-order valence-electron chi connectivity index (χ3n) is 4.60. The van der Waals surface area contributed by atoms with Crippen LogP contribution < -0.4 is 5.32 Å². The lowest BCUT2D eigenvalue weighted by molar-refractivity contribution is -0.141. The summed E-state index contributed by atoms with van der Waals surface area (Å²) < 4.78 is 5.37. The van der Waals surface area contributed by atoms with Crippen molar-refractivity contribution >= 4 is 12.0 Å². The van der Waals surface area contributed by atoms with Crippen LogP contribution in [0.5, 0.6) is 0 Å². The Kier molecular flexibility index (Phi) is 4.86. The molecule has 20 heavy (non-hydrogen) atoms. The number of urea groups is 1. The standard InChI is InChI=1S/C14H24N2O4/c1-9-3-4-12(10(9)2)15-14(19)16-5-6-20-11(8-16)7-13(17)18/h9-12H,3-8H2,1-2H3,(H,15,19)(H,17,18). The number of carboxylic acids is 1. The third kappa shape index (κ3) is 3.62. The molecule has 1 aliphatic carbocycles. The van der Waals surface area contributed by atoms with Crippen LogP contribution in [0.3, 0.4) is 0 Å². The molecule has 4 unspecified atom stereocenters. The van der Waals surface area contributed by atoms with Gasteiger partial charge < -0.3 is 20.1 Å². The van der Waals surface area contributed by atoms with Gasteiger partial charge in [-0.2, -0.15) is 0 Å². The predicted molar refractivity (Wildman–Crippen MR) is 73.4 cm³/mol. The highest BCUT2D eigenvalue weighted by Crippen LogP contribution is 2.31. The quantitative estimate of drug-likeness (QED) is 0.819. The molecule has 0 aromatic rings. The number of aliphatic carboxylic acids is 1. The van der Waals surface area contributed by atoms with Crippen molar-refractivity contribution in [3.63, 3.8) is 0 Å². The molecule has 2 amide bonds. The van der Waals surface area contributed by atoms with Gasteiger partial charge in [0.05, 0.1) is 19.1 Å². The molecule has 0 aromatic heterocycles. The number of ether oxygens (including phenoxy) is 1. The van der Waals surface area contributed by atoms with Crippen molar-refractivity contribution in [1.29, 1.82) is 0 Å². The lowest BCUT2D eigenvalue weighted by Gasteiger charge is -2.33. The zero-order valence-corrected chi connectivity index (χ0v) is 12.2. The molecule has 2 fully saturated rings. The second kappa shape index (κ2) is 6.43. The molecule has 0 spiro atoms. The average molecular weight is 284 g/mol. The first-order valence-electron chi connectivity index (χ1n) is 7.36. The Morgan fingerprint density at radius 2 is 2.10 bits per heavy atom. The summed E-state index contributed by atoms with van der Waals surface area (Å²) in [6.45, 7) is 5.68. The molecule has 6 nitrogen and oxygen atoms in total. The summed E-state index contributed by atoms with van der Waals surface area (Å²) in [5.41, 5.74) is 0. The molecule has 1 saturated heterocycles. The third-order valence-corrected chi connectivity index (χ3v) is 4.60. The van der Waals surface area contributed by atoms with E-state index in [0.29, 0.717) is 31.5 Å². The second-order valence-electron chi connectivity index (χ2n) is 6.01. The Bertz CT molecular complexity index is 374. The van der Waals surface area contributed by atoms with Gasteiger partial charge in [-0.25, -0.2) is 4.79 Å². The van der Waals surface area contributed by atoms with Crippen molar-refractivity contribution in [2.24, 2.45) is 11.8 Å². The van der Waals surface area contributed by atoms with Gasteiger partial charge >= 0.3 is 12.0 Å². The second-order valence-corrected chi connectivity index (χ2v) is 6.01. The molecular formula is C14H24N2O4. The molecule has 0 radical (unpaired) electrons. The fraction of sp³-hybridized carbons (Fsp3) is 0.857. The van der Waals surface area contributed by atoms with E-state index in [1.807, 2.05) is 0 Å². The highest BCUT2D eigenvalue weighted by molar-refractivity contribution is 5.75. The smallest absolute Gasteiger partial charge is 0.317 e. The van der Waals surface area contributed by atoms with Crippen LogP contribution in [0.15, 0.2) is 0 Å². The number of amides is 2. The molecule has 2 N–H and O–H groups in total. The first kappa shape index (κ1) is 15.1. The minimum atomic E-state index is -0.893. The Morgan fingerprint density at radius 3 is 2.70 bits per heavy atom. The van der Waals surface area contributed by atoms with E-state index in [-0.39, 0.29) is 18.5 Å². The highest BCUT2D eigenvalue weighted by atomic mass is 16.5. The predicted octanol–water partition coefficient (Wildman–Crippen LogP) is 1.31. The van der Waals surface area contributed by atoms with E-state index in [1.54, 1.807) is 4.90 Å². The van der Waals surface area contributed by atoms with Crippen molar-refractivity contribution in [3.8, 4) is 0 Å². The first-order chi connectivity index (χ1) is 9.47. The van der Waals surface area contributed by atoms with Crippen LogP contribution >= 0.6 is 0 Å². The van der Waals surface area contributed by atoms with Gasteiger partial charge in [0.25, 0.3) is 0 Å². The van der Waals surface area contributed by atoms with E-state index < -0.39 is 12.1 Å². The minimum Gasteiger partial charge on any atom is -0.481 e. The van der Waals surface area contributed by atoms with Crippen LogP contribution in [0.25, 0.3) is 0 Å². The summed E-state index contributed by atoms with van der Waals surface area (Å²) >= 11 is 0. The van der Waals surface area contributed by atoms with Gasteiger partial charge in [0, 0.05) is 19.1 Å². The Morgan fingerprint density at radius 1 is 1.35 bits per heavy atom. The molecule has 114 valence electrons. The SMILES string of the molecule is CC1CCC(NC(=O)N2CCOC(CC(=O)O)C2)C1C. The van der Waals surface area contributed by atoms with Crippen molar-refractivity contribution < 1.29 is 19.4 Å². The molecule has 1 heterocycles. The van der Waals surface area contributed by atoms with Crippen molar-refractivity contribution in [3.05, 3.63) is 0 Å². The number of carbonyl (C=O) groups is 2. The van der Waals surface area contributed by atoms with Gasteiger partial charge in [0.2, 0.25) is 0 Å². The number of carboxylic acid groups (broad SMARTS) is 1. The van der Waals surface area contributed by atoms with Crippen LogP contribution in [0.2, 0.25) is 0 Å². The lowest BCUT2D eigenvalue weighted by atomic mass is 9.98. The van der Waals surface area contributed by atoms with E-state index in [2.05, 4.69) is 19.2 Å². The van der Waals surface area contributed by atoms with Gasteiger partial charge in [-0.15, -0.1) is 0 Å². The normalized spacial score (nSPS) is 34.0. The molecule has 2 aliphatic rings. The lowest BCUT2D eigenvalue weighted by Crippen LogP contribution is -2.52. The highest BCUT2D eigenvalue weighted by Gasteiger charge is 2.33. The minimum absolute atomic E-state index is 0.0549. The monoisotopic (exact) mass is 284 g/mol. The maximum Gasteiger partial charge on any atom is 0.317 e.